The molecule has 0 saturated carbocycles. The van der Waals surface area contributed by atoms with E-state index in [1.165, 1.54) is 0 Å². The maximum absolute atomic E-state index is 7.33. The van der Waals surface area contributed by atoms with Gasteiger partial charge in [0.2, 0.25) is 0 Å². The molecule has 0 spiro atoms. The predicted molar refractivity (Wildman–Crippen MR) is 35.0 cm³/mol. The van der Waals surface area contributed by atoms with Crippen LogP contribution in [-0.4, -0.2) is 67.4 Å². The second-order valence-electron chi connectivity index (χ2n) is 1.20. The van der Waals surface area contributed by atoms with Gasteiger partial charge in [-0.3, -0.25) is 0 Å². The normalized spacial score (nSPS) is 10.9. The van der Waals surface area contributed by atoms with Crippen LogP contribution in [-0.2, 0) is 0 Å². The van der Waals surface area contributed by atoms with Crippen molar-refractivity contribution in [3.05, 3.63) is 0 Å². The van der Waals surface area contributed by atoms with Crippen LogP contribution in [0.3, 0.4) is 0 Å². The van der Waals surface area contributed by atoms with Crippen molar-refractivity contribution >= 4 is 29.1 Å². The zero-order valence-corrected chi connectivity index (χ0v) is 8.08. The predicted octanol–water partition coefficient (Wildman–Crippen LogP) is -5.60. The van der Waals surface area contributed by atoms with Gasteiger partial charge in [0.1, 0.15) is 0 Å². The molecular weight excluding hydrogens is 212 g/mol. The van der Waals surface area contributed by atoms with Gasteiger partial charge in [0.05, 0.1) is 0 Å². The highest BCUT2D eigenvalue weighted by Crippen LogP contribution is 1.67. The molecule has 4 radical (unpaired) electrons. The van der Waals surface area contributed by atoms with Crippen LogP contribution in [0.4, 0.5) is 0 Å². The monoisotopic (exact) mass is 220 g/mol. The third kappa shape index (κ3) is 6560. The van der Waals surface area contributed by atoms with Crippen LogP contribution in [0.15, 0.2) is 0 Å². The quantitative estimate of drug-likeness (QED) is 0.187. The van der Waals surface area contributed by atoms with E-state index in [4.69, 9.17) is 38.4 Å². The molecule has 0 amide bonds. The fourth-order valence-electron chi connectivity index (χ4n) is 0. The zero-order chi connectivity index (χ0) is 9.00. The summed E-state index contributed by atoms with van der Waals surface area (Å²) < 4.78 is 0. The molecule has 0 aliphatic rings. The highest BCUT2D eigenvalue weighted by molar-refractivity contribution is 6.47. The van der Waals surface area contributed by atoms with E-state index in [1.54, 1.807) is 0 Å². The van der Waals surface area contributed by atoms with Gasteiger partial charge in [-0.15, -0.1) is 0 Å². The van der Waals surface area contributed by atoms with Crippen LogP contribution in [0, 0.1) is 0 Å². The van der Waals surface area contributed by atoms with Crippen molar-refractivity contribution in [1.29, 1.82) is 0 Å². The molecule has 0 aliphatic heterocycles. The Labute approximate surface area is 68.3 Å². The second-order valence-corrected chi connectivity index (χ2v) is 3.60. The van der Waals surface area contributed by atoms with Crippen LogP contribution in [0.5, 0.6) is 0 Å². The number of rotatable bonds is 0. The Balaban J connectivity index is -0.000000107. The highest BCUT2D eigenvalue weighted by atomic mass is 28.4. The van der Waals surface area contributed by atoms with Gasteiger partial charge in [0.15, 0.2) is 0 Å². The van der Waals surface area contributed by atoms with E-state index >= 15 is 0 Å². The molecule has 0 aromatic rings. The molecule has 0 atom stereocenters. The molecule has 0 aromatic carbocycles. The average molecular weight is 220 g/mol. The van der Waals surface area contributed by atoms with E-state index in [0.29, 0.717) is 0 Å². The smallest absolute Gasteiger partial charge is 0.368 e. The largest absolute Gasteiger partial charge is 0.668 e. The minimum Gasteiger partial charge on any atom is -0.368 e. The maximum atomic E-state index is 7.33. The fourth-order valence-corrected chi connectivity index (χ4v) is 0. The van der Waals surface area contributed by atoms with Gasteiger partial charge in [0, 0.05) is 11.0 Å². The molecule has 8 N–H and O–H groups in total. The standard InChI is InChI=1S/2H4O4Si.Si/c2*1-5(2,3)4;/h2*1-4H;. The SMILES string of the molecule is O[Si](O)(O)O.O[Si](O)(O)O.[Si]. The Morgan fingerprint density at radius 1 is 0.455 bits per heavy atom. The second kappa shape index (κ2) is 5.92. The lowest BCUT2D eigenvalue weighted by Crippen LogP contribution is -2.33. The molecule has 0 bridgehead atoms. The lowest BCUT2D eigenvalue weighted by atomic mass is 15.7. The van der Waals surface area contributed by atoms with Gasteiger partial charge in [0.25, 0.3) is 0 Å². The highest BCUT2D eigenvalue weighted by Gasteiger charge is 2.22. The van der Waals surface area contributed by atoms with Crippen molar-refractivity contribution in [3.63, 3.8) is 0 Å². The summed E-state index contributed by atoms with van der Waals surface area (Å²) in [5.74, 6) is 0. The maximum Gasteiger partial charge on any atom is 0.668 e. The molecule has 0 fully saturated rings. The molecule has 0 aliphatic carbocycles. The molecule has 0 saturated heterocycles. The van der Waals surface area contributed by atoms with E-state index in [2.05, 4.69) is 0 Å². The summed E-state index contributed by atoms with van der Waals surface area (Å²) in [6, 6.07) is 0. The van der Waals surface area contributed by atoms with Gasteiger partial charge in [-0.1, -0.05) is 0 Å². The van der Waals surface area contributed by atoms with Crippen molar-refractivity contribution in [3.8, 4) is 0 Å². The lowest BCUT2D eigenvalue weighted by Gasteiger charge is -1.91. The summed E-state index contributed by atoms with van der Waals surface area (Å²) in [7, 11) is -9.22. The Morgan fingerprint density at radius 2 is 0.455 bits per heavy atom. The van der Waals surface area contributed by atoms with E-state index < -0.39 is 18.1 Å². The van der Waals surface area contributed by atoms with Crippen LogP contribution in [0.25, 0.3) is 0 Å². The van der Waals surface area contributed by atoms with Gasteiger partial charge >= 0.3 is 18.1 Å². The zero-order valence-electron chi connectivity index (χ0n) is 5.08. The Hall–Kier alpha value is 0.331. The summed E-state index contributed by atoms with van der Waals surface area (Å²) >= 11 is 0. The first-order valence-electron chi connectivity index (χ1n) is 1.79. The third-order valence-corrected chi connectivity index (χ3v) is 0. The van der Waals surface area contributed by atoms with Crippen molar-refractivity contribution in [2.45, 2.75) is 0 Å². The minimum atomic E-state index is -4.61. The fraction of sp³-hybridized carbons (Fsp3) is 0. The topological polar surface area (TPSA) is 162 Å². The first-order chi connectivity index (χ1) is 4.00. The van der Waals surface area contributed by atoms with E-state index in [0.717, 1.165) is 0 Å². The molecule has 11 heteroatoms. The molecule has 8 nitrogen and oxygen atoms in total. The van der Waals surface area contributed by atoms with Crippen molar-refractivity contribution in [2.24, 2.45) is 0 Å². The molecule has 0 aromatic heterocycles. The Bertz CT molecular complexity index is 52.3. The molecular formula is H8O8Si3. The Morgan fingerprint density at radius 3 is 0.455 bits per heavy atom. The van der Waals surface area contributed by atoms with Crippen LogP contribution in [0.1, 0.15) is 0 Å². The third-order valence-electron chi connectivity index (χ3n) is 0. The first-order valence-corrected chi connectivity index (χ1v) is 5.37. The molecule has 11 heavy (non-hydrogen) atoms. The van der Waals surface area contributed by atoms with E-state index in [9.17, 15) is 0 Å². The molecule has 0 heterocycles. The van der Waals surface area contributed by atoms with E-state index in [1.807, 2.05) is 0 Å². The summed E-state index contributed by atoms with van der Waals surface area (Å²) in [6.45, 7) is 0. The Kier molecular flexibility index (Phi) is 9.37. The summed E-state index contributed by atoms with van der Waals surface area (Å²) in [5.41, 5.74) is 0. The van der Waals surface area contributed by atoms with Crippen molar-refractivity contribution in [2.75, 3.05) is 0 Å². The van der Waals surface area contributed by atoms with Crippen LogP contribution in [0.2, 0.25) is 0 Å². The minimum absolute atomic E-state index is 0. The van der Waals surface area contributed by atoms with E-state index in [-0.39, 0.29) is 11.0 Å². The summed E-state index contributed by atoms with van der Waals surface area (Å²) in [5, 5.41) is 0. The number of hydrogen-bond donors (Lipinski definition) is 8. The van der Waals surface area contributed by atoms with Crippen molar-refractivity contribution in [1.82, 2.24) is 0 Å². The van der Waals surface area contributed by atoms with Gasteiger partial charge in [-0.25, -0.2) is 0 Å². The van der Waals surface area contributed by atoms with Crippen LogP contribution < -0.4 is 0 Å². The van der Waals surface area contributed by atoms with Crippen LogP contribution >= 0.6 is 0 Å². The lowest BCUT2D eigenvalue weighted by molar-refractivity contribution is 0.115. The first kappa shape index (κ1) is 17.4. The molecule has 0 unspecified atom stereocenters. The molecule has 68 valence electrons. The summed E-state index contributed by atoms with van der Waals surface area (Å²) in [4.78, 5) is 58.6. The number of hydrogen-bond acceptors (Lipinski definition) is 8. The van der Waals surface area contributed by atoms with Gasteiger partial charge in [-0.2, -0.15) is 0 Å². The average Bonchev–Trinajstić information content (AvgIpc) is 1.12. The van der Waals surface area contributed by atoms with Gasteiger partial charge in [-0.05, 0) is 0 Å². The molecule has 0 rings (SSSR count). The van der Waals surface area contributed by atoms with Crippen molar-refractivity contribution < 1.29 is 38.4 Å². The van der Waals surface area contributed by atoms with Gasteiger partial charge < -0.3 is 38.4 Å². The summed E-state index contributed by atoms with van der Waals surface area (Å²) in [6.07, 6.45) is 0.